The van der Waals surface area contributed by atoms with E-state index in [9.17, 15) is 13.5 Å². The zero-order valence-electron chi connectivity index (χ0n) is 21.4. The third kappa shape index (κ3) is 7.55. The lowest BCUT2D eigenvalue weighted by Gasteiger charge is -2.28. The Balaban J connectivity index is 1.39. The van der Waals surface area contributed by atoms with Gasteiger partial charge in [0.2, 0.25) is 10.0 Å². The molecule has 37 heavy (non-hydrogen) atoms. The first-order chi connectivity index (χ1) is 17.6. The van der Waals surface area contributed by atoms with Crippen LogP contribution in [0.1, 0.15) is 37.5 Å². The lowest BCUT2D eigenvalue weighted by molar-refractivity contribution is 0.158. The van der Waals surface area contributed by atoms with Gasteiger partial charge in [-0.05, 0) is 55.7 Å². The molecule has 0 saturated carbocycles. The lowest BCUT2D eigenvalue weighted by Crippen LogP contribution is -2.42. The van der Waals surface area contributed by atoms with Crippen LogP contribution in [0.15, 0.2) is 79.1 Å². The molecule has 1 unspecified atom stereocenters. The van der Waals surface area contributed by atoms with Crippen LogP contribution in [0.3, 0.4) is 0 Å². The van der Waals surface area contributed by atoms with Crippen LogP contribution in [0.5, 0.6) is 5.75 Å². The normalized spacial score (nSPS) is 13.0. The van der Waals surface area contributed by atoms with E-state index in [4.69, 9.17) is 4.74 Å². The van der Waals surface area contributed by atoms with Crippen molar-refractivity contribution >= 4 is 26.7 Å². The van der Waals surface area contributed by atoms with Crippen LogP contribution in [0, 0.1) is 0 Å². The second-order valence-corrected chi connectivity index (χ2v) is 11.6. The smallest absolute Gasteiger partial charge is 0.229 e. The lowest BCUT2D eigenvalue weighted by atomic mass is 9.99. The maximum atomic E-state index is 12.0. The molecule has 0 spiro atoms. The van der Waals surface area contributed by atoms with Gasteiger partial charge in [-0.3, -0.25) is 4.72 Å². The number of aryl methyl sites for hydroxylation is 1. The van der Waals surface area contributed by atoms with Crippen molar-refractivity contribution in [1.82, 2.24) is 14.9 Å². The summed E-state index contributed by atoms with van der Waals surface area (Å²) in [6.45, 7) is 5.57. The van der Waals surface area contributed by atoms with Crippen LogP contribution in [0.25, 0.3) is 11.0 Å². The van der Waals surface area contributed by atoms with Crippen LogP contribution in [0.2, 0.25) is 0 Å². The minimum absolute atomic E-state index is 0.251. The summed E-state index contributed by atoms with van der Waals surface area (Å²) in [5, 5.41) is 14.3. The standard InChI is InChI=1S/C28H34N4O4S/c1-28(2,15-16-32-20-29-23-11-7-8-12-25(23)32)30-18-26(33)22-13-14-27(24(17-22)31-37(3,34)35)36-19-21-9-5-4-6-10-21/h4-14,17,20,26,30-31,33H,15-16,18-19H2,1-3H3. The van der Waals surface area contributed by atoms with E-state index in [1.807, 2.05) is 54.9 Å². The fourth-order valence-electron chi connectivity index (χ4n) is 4.06. The van der Waals surface area contributed by atoms with Gasteiger partial charge in [0.25, 0.3) is 0 Å². The van der Waals surface area contributed by atoms with Gasteiger partial charge in [0, 0.05) is 18.6 Å². The Hall–Kier alpha value is -3.40. The molecule has 9 heteroatoms. The van der Waals surface area contributed by atoms with Gasteiger partial charge in [-0.15, -0.1) is 0 Å². The number of para-hydroxylation sites is 2. The number of hydrogen-bond acceptors (Lipinski definition) is 6. The van der Waals surface area contributed by atoms with Gasteiger partial charge in [0.05, 0.1) is 35.4 Å². The van der Waals surface area contributed by atoms with Gasteiger partial charge < -0.3 is 19.7 Å². The minimum Gasteiger partial charge on any atom is -0.487 e. The van der Waals surface area contributed by atoms with Gasteiger partial charge >= 0.3 is 0 Å². The Morgan fingerprint density at radius 2 is 1.78 bits per heavy atom. The van der Waals surface area contributed by atoms with E-state index in [1.165, 1.54) is 0 Å². The number of anilines is 1. The largest absolute Gasteiger partial charge is 0.487 e. The van der Waals surface area contributed by atoms with Crippen LogP contribution >= 0.6 is 0 Å². The number of rotatable bonds is 12. The van der Waals surface area contributed by atoms with E-state index in [1.54, 1.807) is 18.2 Å². The molecule has 0 aliphatic heterocycles. The third-order valence-electron chi connectivity index (χ3n) is 6.20. The molecular formula is C28H34N4O4S. The fraction of sp³-hybridized carbons (Fsp3) is 0.321. The van der Waals surface area contributed by atoms with Crippen molar-refractivity contribution in [3.63, 3.8) is 0 Å². The monoisotopic (exact) mass is 522 g/mol. The van der Waals surface area contributed by atoms with E-state index in [-0.39, 0.29) is 5.54 Å². The maximum Gasteiger partial charge on any atom is 0.229 e. The average Bonchev–Trinajstić information content (AvgIpc) is 3.28. The van der Waals surface area contributed by atoms with Crippen LogP contribution < -0.4 is 14.8 Å². The van der Waals surface area contributed by atoms with Crippen molar-refractivity contribution in [3.8, 4) is 5.75 Å². The van der Waals surface area contributed by atoms with Gasteiger partial charge in [-0.2, -0.15) is 0 Å². The van der Waals surface area contributed by atoms with Crippen molar-refractivity contribution in [2.24, 2.45) is 0 Å². The number of aliphatic hydroxyl groups excluding tert-OH is 1. The first-order valence-corrected chi connectivity index (χ1v) is 14.1. The highest BCUT2D eigenvalue weighted by molar-refractivity contribution is 7.92. The van der Waals surface area contributed by atoms with Gasteiger partial charge in [0.15, 0.2) is 0 Å². The quantitative estimate of drug-likeness (QED) is 0.253. The second kappa shape index (κ2) is 11.3. The first kappa shape index (κ1) is 26.7. The van der Waals surface area contributed by atoms with Crippen LogP contribution in [-0.4, -0.2) is 41.4 Å². The number of aliphatic hydroxyl groups is 1. The Morgan fingerprint density at radius 3 is 2.54 bits per heavy atom. The predicted molar refractivity (Wildman–Crippen MR) is 147 cm³/mol. The fourth-order valence-corrected chi connectivity index (χ4v) is 4.62. The molecule has 1 heterocycles. The number of nitrogens with zero attached hydrogens (tertiary/aromatic N) is 2. The number of fused-ring (bicyclic) bond motifs is 1. The number of aromatic nitrogens is 2. The molecule has 0 aliphatic carbocycles. The van der Waals surface area contributed by atoms with Gasteiger partial charge in [0.1, 0.15) is 12.4 Å². The third-order valence-corrected chi connectivity index (χ3v) is 6.79. The molecule has 4 rings (SSSR count). The first-order valence-electron chi connectivity index (χ1n) is 12.2. The van der Waals surface area contributed by atoms with E-state index >= 15 is 0 Å². The zero-order chi connectivity index (χ0) is 26.5. The molecule has 196 valence electrons. The zero-order valence-corrected chi connectivity index (χ0v) is 22.2. The van der Waals surface area contributed by atoms with E-state index in [2.05, 4.69) is 39.5 Å². The summed E-state index contributed by atoms with van der Waals surface area (Å²) in [6.07, 6.45) is 2.93. The second-order valence-electron chi connectivity index (χ2n) is 9.86. The summed E-state index contributed by atoms with van der Waals surface area (Å²) < 4.78 is 34.5. The highest BCUT2D eigenvalue weighted by atomic mass is 32.2. The Bertz CT molecular complexity index is 1440. The van der Waals surface area contributed by atoms with E-state index < -0.39 is 16.1 Å². The summed E-state index contributed by atoms with van der Waals surface area (Å²) >= 11 is 0. The molecule has 4 aromatic rings. The summed E-state index contributed by atoms with van der Waals surface area (Å²) in [4.78, 5) is 4.45. The number of sulfonamides is 1. The average molecular weight is 523 g/mol. The summed E-state index contributed by atoms with van der Waals surface area (Å²) in [5.41, 5.74) is 3.66. The summed E-state index contributed by atoms with van der Waals surface area (Å²) in [6, 6.07) is 22.7. The topological polar surface area (TPSA) is 105 Å². The van der Waals surface area contributed by atoms with Crippen molar-refractivity contribution in [3.05, 3.63) is 90.3 Å². The molecular weight excluding hydrogens is 488 g/mol. The predicted octanol–water partition coefficient (Wildman–Crippen LogP) is 4.48. The van der Waals surface area contributed by atoms with Crippen molar-refractivity contribution in [1.29, 1.82) is 0 Å². The van der Waals surface area contributed by atoms with Crippen LogP contribution in [0.4, 0.5) is 5.69 Å². The number of benzene rings is 3. The number of β-amino-alcohol motifs (C(OH)–C–C–N with tert-alkyl or cyclic N) is 1. The van der Waals surface area contributed by atoms with Gasteiger partial charge in [-0.25, -0.2) is 13.4 Å². The molecule has 0 fully saturated rings. The molecule has 3 N–H and O–H groups in total. The molecule has 3 aromatic carbocycles. The molecule has 1 aromatic heterocycles. The number of nitrogens with one attached hydrogen (secondary N) is 2. The van der Waals surface area contributed by atoms with Crippen molar-refractivity contribution < 1.29 is 18.3 Å². The Morgan fingerprint density at radius 1 is 1.05 bits per heavy atom. The maximum absolute atomic E-state index is 12.0. The highest BCUT2D eigenvalue weighted by Crippen LogP contribution is 2.30. The SMILES string of the molecule is CC(C)(CCn1cnc2ccccc21)NCC(O)c1ccc(OCc2ccccc2)c(NS(C)(=O)=O)c1. The van der Waals surface area contributed by atoms with E-state index in [0.29, 0.717) is 30.2 Å². The molecule has 1 atom stereocenters. The van der Waals surface area contributed by atoms with Crippen molar-refractivity contribution in [2.45, 2.75) is 45.1 Å². The van der Waals surface area contributed by atoms with Crippen LogP contribution in [-0.2, 0) is 23.2 Å². The Labute approximate surface area is 218 Å². The highest BCUT2D eigenvalue weighted by Gasteiger charge is 2.21. The molecule has 0 amide bonds. The molecule has 8 nitrogen and oxygen atoms in total. The van der Waals surface area contributed by atoms with Gasteiger partial charge in [-0.1, -0.05) is 48.5 Å². The molecule has 0 bridgehead atoms. The molecule has 0 saturated heterocycles. The van der Waals surface area contributed by atoms with E-state index in [0.717, 1.165) is 35.8 Å². The number of ether oxygens (including phenoxy) is 1. The Kier molecular flexibility index (Phi) is 8.16. The summed E-state index contributed by atoms with van der Waals surface area (Å²) in [5.74, 6) is 0.395. The minimum atomic E-state index is -3.54. The molecule has 0 aliphatic rings. The molecule has 0 radical (unpaired) electrons. The van der Waals surface area contributed by atoms with Crippen molar-refractivity contribution in [2.75, 3.05) is 17.5 Å². The number of hydrogen-bond donors (Lipinski definition) is 3. The number of imidazole rings is 1. The summed E-state index contributed by atoms with van der Waals surface area (Å²) in [7, 11) is -3.54.